The number of esters is 2. The van der Waals surface area contributed by atoms with Gasteiger partial charge in [-0.05, 0) is 109 Å². The summed E-state index contributed by atoms with van der Waals surface area (Å²) in [6, 6.07) is 0. The summed E-state index contributed by atoms with van der Waals surface area (Å²) < 4.78 is 11.8. The fraction of sp³-hybridized carbons (Fsp3) is 0.951. The van der Waals surface area contributed by atoms with Crippen LogP contribution in [0.5, 0.6) is 0 Å². The van der Waals surface area contributed by atoms with Gasteiger partial charge in [-0.3, -0.25) is 14.4 Å². The van der Waals surface area contributed by atoms with Gasteiger partial charge in [-0.1, -0.05) is 202 Å². The molecular weight excluding hydrogens is 871 g/mol. The maximum absolute atomic E-state index is 12.9. The van der Waals surface area contributed by atoms with Crippen LogP contribution in [0, 0.1) is 11.8 Å². The minimum Gasteiger partial charge on any atom is -0.465 e. The number of rotatable bonds is 56. The van der Waals surface area contributed by atoms with Crippen molar-refractivity contribution in [1.82, 2.24) is 14.7 Å². The van der Waals surface area contributed by atoms with Gasteiger partial charge in [0.15, 0.2) is 0 Å². The summed E-state index contributed by atoms with van der Waals surface area (Å²) in [5.41, 5.74) is 0. The van der Waals surface area contributed by atoms with E-state index >= 15 is 0 Å². The molecule has 0 rings (SSSR count). The van der Waals surface area contributed by atoms with Crippen molar-refractivity contribution in [3.05, 3.63) is 0 Å². The molecule has 1 amide bonds. The zero-order chi connectivity index (χ0) is 51.4. The van der Waals surface area contributed by atoms with Gasteiger partial charge in [-0.15, -0.1) is 0 Å². The van der Waals surface area contributed by atoms with Crippen LogP contribution in [-0.4, -0.2) is 110 Å². The van der Waals surface area contributed by atoms with Crippen LogP contribution in [0.3, 0.4) is 0 Å². The molecule has 0 heterocycles. The highest BCUT2D eigenvalue weighted by Crippen LogP contribution is 2.22. The number of carbonyl (C=O) groups excluding carboxylic acids is 3. The number of unbranched alkanes of at least 4 members (excludes halogenated alkanes) is 25. The van der Waals surface area contributed by atoms with Gasteiger partial charge in [0.1, 0.15) is 0 Å². The molecule has 0 saturated heterocycles. The molecule has 0 aliphatic heterocycles. The molecule has 9 nitrogen and oxygen atoms in total. The number of hydrogen-bond acceptors (Lipinski definition) is 8. The zero-order valence-electron chi connectivity index (χ0n) is 47.8. The molecule has 0 saturated carbocycles. The molecule has 2 atom stereocenters. The third kappa shape index (κ3) is 46.1. The van der Waals surface area contributed by atoms with E-state index in [-0.39, 0.29) is 24.5 Å². The van der Waals surface area contributed by atoms with E-state index in [1.807, 2.05) is 4.90 Å². The van der Waals surface area contributed by atoms with Crippen molar-refractivity contribution in [2.75, 3.05) is 72.7 Å². The van der Waals surface area contributed by atoms with E-state index < -0.39 is 0 Å². The number of amides is 1. The van der Waals surface area contributed by atoms with Gasteiger partial charge in [-0.25, -0.2) is 0 Å². The molecule has 0 bridgehead atoms. The van der Waals surface area contributed by atoms with Gasteiger partial charge >= 0.3 is 11.9 Å². The molecule has 0 radical (unpaired) electrons. The van der Waals surface area contributed by atoms with E-state index in [1.165, 1.54) is 173 Å². The average Bonchev–Trinajstić information content (AvgIpc) is 3.35. The highest BCUT2D eigenvalue weighted by atomic mass is 16.5. The lowest BCUT2D eigenvalue weighted by Crippen LogP contribution is -2.36. The van der Waals surface area contributed by atoms with Crippen molar-refractivity contribution in [2.24, 2.45) is 11.8 Å². The SMILES string of the molecule is CCCCCCCCC(CCCCCC)COC(=O)CCCCCN(CCCCCC(=O)OCC(CCCCCC)CCCCCCCC)CCN(C)CCCCN(CCO)C(=O)CCCCCCC. The third-order valence-corrected chi connectivity index (χ3v) is 14.8. The molecular formula is C61H121N3O6. The first-order valence-electron chi connectivity index (χ1n) is 30.8. The average molecular weight is 993 g/mol. The number of aliphatic hydroxyl groups is 1. The number of carbonyl (C=O) groups is 3. The van der Waals surface area contributed by atoms with Crippen LogP contribution < -0.4 is 0 Å². The molecule has 1 N–H and O–H groups in total. The summed E-state index contributed by atoms with van der Waals surface area (Å²) >= 11 is 0. The van der Waals surface area contributed by atoms with Crippen LogP contribution in [0.25, 0.3) is 0 Å². The smallest absolute Gasteiger partial charge is 0.305 e. The maximum Gasteiger partial charge on any atom is 0.305 e. The van der Waals surface area contributed by atoms with Crippen molar-refractivity contribution in [3.8, 4) is 0 Å². The highest BCUT2D eigenvalue weighted by molar-refractivity contribution is 5.76. The zero-order valence-corrected chi connectivity index (χ0v) is 47.8. The topological polar surface area (TPSA) is 99.6 Å². The maximum atomic E-state index is 12.9. The van der Waals surface area contributed by atoms with Gasteiger partial charge in [0.2, 0.25) is 5.91 Å². The van der Waals surface area contributed by atoms with Gasteiger partial charge in [0.05, 0.1) is 19.8 Å². The second-order valence-corrected chi connectivity index (χ2v) is 21.7. The molecule has 0 aromatic carbocycles. The Balaban J connectivity index is 5.07. The van der Waals surface area contributed by atoms with Crippen molar-refractivity contribution in [2.45, 2.75) is 291 Å². The van der Waals surface area contributed by atoms with Crippen molar-refractivity contribution < 1.29 is 29.0 Å². The third-order valence-electron chi connectivity index (χ3n) is 14.8. The molecule has 70 heavy (non-hydrogen) atoms. The Bertz CT molecular complexity index is 1070. The quantitative estimate of drug-likeness (QED) is 0.0475. The van der Waals surface area contributed by atoms with Crippen LogP contribution in [0.1, 0.15) is 291 Å². The molecule has 0 fully saturated rings. The lowest BCUT2D eigenvalue weighted by molar-refractivity contribution is -0.146. The van der Waals surface area contributed by atoms with E-state index in [0.29, 0.717) is 57.4 Å². The Hall–Kier alpha value is -1.71. The van der Waals surface area contributed by atoms with Gasteiger partial charge in [0.25, 0.3) is 0 Å². The number of nitrogens with zero attached hydrogens (tertiary/aromatic N) is 3. The Morgan fingerprint density at radius 1 is 0.371 bits per heavy atom. The first-order valence-corrected chi connectivity index (χ1v) is 30.8. The predicted molar refractivity (Wildman–Crippen MR) is 300 cm³/mol. The second-order valence-electron chi connectivity index (χ2n) is 21.7. The van der Waals surface area contributed by atoms with Crippen molar-refractivity contribution >= 4 is 17.8 Å². The first kappa shape index (κ1) is 68.3. The summed E-state index contributed by atoms with van der Waals surface area (Å²) in [6.45, 7) is 18.6. The minimum atomic E-state index is -0.0231. The Morgan fingerprint density at radius 3 is 1.14 bits per heavy atom. The van der Waals surface area contributed by atoms with Gasteiger partial charge in [-0.2, -0.15) is 0 Å². The molecule has 0 aromatic heterocycles. The summed E-state index contributed by atoms with van der Waals surface area (Å²) in [5, 5.41) is 9.63. The second kappa shape index (κ2) is 53.6. The molecule has 0 aromatic rings. The van der Waals surface area contributed by atoms with E-state index in [2.05, 4.69) is 51.5 Å². The Morgan fingerprint density at radius 2 is 0.714 bits per heavy atom. The number of ether oxygens (including phenoxy) is 2. The summed E-state index contributed by atoms with van der Waals surface area (Å²) in [5.74, 6) is 1.14. The number of likely N-dealkylation sites (N-methyl/N-ethyl adjacent to an activating group) is 1. The van der Waals surface area contributed by atoms with Crippen LogP contribution in [0.2, 0.25) is 0 Å². The molecule has 2 unspecified atom stereocenters. The van der Waals surface area contributed by atoms with Gasteiger partial charge in [0, 0.05) is 45.4 Å². The fourth-order valence-corrected chi connectivity index (χ4v) is 9.86. The van der Waals surface area contributed by atoms with E-state index in [4.69, 9.17) is 9.47 Å². The van der Waals surface area contributed by atoms with Crippen LogP contribution in [0.15, 0.2) is 0 Å². The molecule has 0 aliphatic rings. The standard InChI is InChI=1S/C61H121N3O6/c1-7-12-17-22-25-31-42-57(40-29-20-15-10-4)55-69-60(67)45-34-27-36-48-63(52-51-62(6)47-38-39-50-64(53-54-65)59(66)44-33-24-19-14-9-3)49-37-28-35-46-61(68)70-56-58(41-30-21-16-11-5)43-32-26-23-18-13-8-2/h57-58,65H,7-56H2,1-6H3. The monoisotopic (exact) mass is 992 g/mol. The fourth-order valence-electron chi connectivity index (χ4n) is 9.86. The summed E-state index contributed by atoms with van der Waals surface area (Å²) in [4.78, 5) is 45.6. The highest BCUT2D eigenvalue weighted by Gasteiger charge is 2.16. The number of aliphatic hydroxyl groups excluding tert-OH is 1. The lowest BCUT2D eigenvalue weighted by atomic mass is 9.95. The Labute approximate surface area is 435 Å². The molecule has 9 heteroatoms. The molecule has 0 aliphatic carbocycles. The lowest BCUT2D eigenvalue weighted by Gasteiger charge is -2.26. The first-order chi connectivity index (χ1) is 34.2. The van der Waals surface area contributed by atoms with Crippen molar-refractivity contribution in [1.29, 1.82) is 0 Å². The van der Waals surface area contributed by atoms with E-state index in [1.54, 1.807) is 0 Å². The largest absolute Gasteiger partial charge is 0.465 e. The van der Waals surface area contributed by atoms with Gasteiger partial charge < -0.3 is 29.3 Å². The van der Waals surface area contributed by atoms with E-state index in [0.717, 1.165) is 96.9 Å². The molecule has 416 valence electrons. The van der Waals surface area contributed by atoms with Crippen molar-refractivity contribution in [3.63, 3.8) is 0 Å². The summed E-state index contributed by atoms with van der Waals surface area (Å²) in [6.07, 6.45) is 45.7. The van der Waals surface area contributed by atoms with Crippen LogP contribution >= 0.6 is 0 Å². The Kier molecular flexibility index (Phi) is 52.3. The van der Waals surface area contributed by atoms with E-state index in [9.17, 15) is 19.5 Å². The summed E-state index contributed by atoms with van der Waals surface area (Å²) in [7, 11) is 2.20. The normalized spacial score (nSPS) is 12.5. The predicted octanol–water partition coefficient (Wildman–Crippen LogP) is 16.1. The minimum absolute atomic E-state index is 0.0174. The van der Waals surface area contributed by atoms with Crippen LogP contribution in [0.4, 0.5) is 0 Å². The molecule has 0 spiro atoms. The van der Waals surface area contributed by atoms with Crippen LogP contribution in [-0.2, 0) is 23.9 Å². The number of hydrogen-bond donors (Lipinski definition) is 1.